The summed E-state index contributed by atoms with van der Waals surface area (Å²) in [5.74, 6) is 2.10. The normalized spacial score (nSPS) is 11.7. The van der Waals surface area contributed by atoms with E-state index >= 15 is 0 Å². The lowest BCUT2D eigenvalue weighted by atomic mass is 9.60. The second-order valence-corrected chi connectivity index (χ2v) is 15.1. The van der Waals surface area contributed by atoms with Crippen molar-refractivity contribution in [3.05, 3.63) is 109 Å². The Labute approximate surface area is 297 Å². The molecule has 9 rings (SSSR count). The summed E-state index contributed by atoms with van der Waals surface area (Å²) >= 11 is 3.70. The Bertz CT molecular complexity index is 2760. The van der Waals surface area contributed by atoms with Crippen LogP contribution in [0.15, 0.2) is 109 Å². The van der Waals surface area contributed by atoms with Crippen LogP contribution in [-0.2, 0) is 0 Å². The first kappa shape index (κ1) is 30.2. The molecular weight excluding hydrogens is 629 g/mol. The maximum Gasteiger partial charge on any atom is 0.164 e. The van der Waals surface area contributed by atoms with Crippen molar-refractivity contribution >= 4 is 130 Å². The summed E-state index contributed by atoms with van der Waals surface area (Å²) in [6, 6.07) is 39.2. The number of aromatic nitrogens is 3. The Morgan fingerprint density at radius 1 is 0.388 bits per heavy atom. The zero-order chi connectivity index (χ0) is 33.4. The third-order valence-corrected chi connectivity index (χ3v) is 12.7. The molecule has 3 nitrogen and oxygen atoms in total. The van der Waals surface area contributed by atoms with Crippen molar-refractivity contribution in [2.45, 2.75) is 0 Å². The van der Waals surface area contributed by atoms with Gasteiger partial charge in [0.1, 0.15) is 39.2 Å². The fourth-order valence-corrected chi connectivity index (χ4v) is 9.59. The van der Waals surface area contributed by atoms with E-state index in [-0.39, 0.29) is 0 Å². The third kappa shape index (κ3) is 4.88. The third-order valence-electron chi connectivity index (χ3n) is 10.3. The quantitative estimate of drug-likeness (QED) is 0.274. The number of hydrogen-bond acceptors (Lipinski definition) is 5. The molecule has 49 heavy (non-hydrogen) atoms. The highest BCUT2D eigenvalue weighted by Crippen LogP contribution is 2.42. The van der Waals surface area contributed by atoms with Gasteiger partial charge in [-0.1, -0.05) is 95.9 Å². The van der Waals surface area contributed by atoms with Crippen molar-refractivity contribution in [1.82, 2.24) is 15.0 Å². The predicted molar refractivity (Wildman–Crippen MR) is 228 cm³/mol. The summed E-state index contributed by atoms with van der Waals surface area (Å²) in [5, 5.41) is 5.18. The fraction of sp³-hybridized carbons (Fsp3) is 0. The molecule has 0 aliphatic heterocycles. The Morgan fingerprint density at radius 2 is 1.00 bits per heavy atom. The zero-order valence-corrected chi connectivity index (χ0v) is 29.7. The minimum absolute atomic E-state index is 0.687. The highest BCUT2D eigenvalue weighted by atomic mass is 32.1. The minimum Gasteiger partial charge on any atom is -0.208 e. The number of fused-ring (bicyclic) bond motifs is 6. The lowest BCUT2D eigenvalue weighted by Crippen LogP contribution is -2.55. The summed E-state index contributed by atoms with van der Waals surface area (Å²) in [7, 11) is 11.0. The Hall–Kier alpha value is -4.91. The van der Waals surface area contributed by atoms with E-state index in [0.717, 1.165) is 22.5 Å². The monoisotopic (exact) mass is 657 g/mol. The van der Waals surface area contributed by atoms with Crippen LogP contribution in [0.4, 0.5) is 0 Å². The summed E-state index contributed by atoms with van der Waals surface area (Å²) < 4.78 is 5.17. The lowest BCUT2D eigenvalue weighted by Gasteiger charge is -2.20. The van der Waals surface area contributed by atoms with Crippen LogP contribution >= 0.6 is 22.7 Å². The highest BCUT2D eigenvalue weighted by molar-refractivity contribution is 7.26. The number of nitrogens with zero attached hydrogens (tertiary/aromatic N) is 3. The molecule has 0 unspecified atom stereocenters. The van der Waals surface area contributed by atoms with Gasteiger partial charge in [0.2, 0.25) is 0 Å². The van der Waals surface area contributed by atoms with Gasteiger partial charge in [-0.3, -0.25) is 0 Å². The molecule has 0 bridgehead atoms. The van der Waals surface area contributed by atoms with Crippen molar-refractivity contribution in [1.29, 1.82) is 0 Å². The van der Waals surface area contributed by atoms with Crippen molar-refractivity contribution in [3.63, 3.8) is 0 Å². The van der Waals surface area contributed by atoms with E-state index in [4.69, 9.17) is 15.0 Å². The van der Waals surface area contributed by atoms with E-state index in [2.05, 4.69) is 130 Å². The molecular formula is C39H28B5N3S2. The molecule has 0 saturated heterocycles. The number of thiophene rings is 2. The van der Waals surface area contributed by atoms with Crippen molar-refractivity contribution < 1.29 is 0 Å². The van der Waals surface area contributed by atoms with Crippen LogP contribution in [0, 0.1) is 0 Å². The van der Waals surface area contributed by atoms with Crippen LogP contribution in [0.2, 0.25) is 0 Å². The Balaban J connectivity index is 1.20. The predicted octanol–water partition coefficient (Wildman–Crippen LogP) is 2.57. The van der Waals surface area contributed by atoms with Gasteiger partial charge in [-0.25, -0.2) is 15.0 Å². The van der Waals surface area contributed by atoms with Crippen molar-refractivity contribution in [2.24, 2.45) is 0 Å². The van der Waals surface area contributed by atoms with Crippen LogP contribution in [-0.4, -0.2) is 54.2 Å². The maximum absolute atomic E-state index is 5.18. The standard InChI is InChI=1S/C39H28B5N3S2/c40-31-30(32(41)34(43)35(44)33(31)42)39-46-37(19-7-2-1-3-8-19)45-38(47-39)21-13-15-24-26-17-20(14-16-28(26)48-29(24)18-21)22-10-6-11-25-23-9-4-5-12-27(23)49-36(22)25/h1-18H,40-44H2. The van der Waals surface area contributed by atoms with Gasteiger partial charge in [0.05, 0.1) is 0 Å². The Kier molecular flexibility index (Phi) is 7.15. The second kappa shape index (κ2) is 11.6. The van der Waals surface area contributed by atoms with E-state index in [0.29, 0.717) is 11.6 Å². The minimum atomic E-state index is 0.687. The summed E-state index contributed by atoms with van der Waals surface area (Å²) in [6.45, 7) is 0. The van der Waals surface area contributed by atoms with Crippen molar-refractivity contribution in [3.8, 4) is 45.3 Å². The summed E-state index contributed by atoms with van der Waals surface area (Å²) in [4.78, 5) is 15.3. The van der Waals surface area contributed by atoms with Gasteiger partial charge in [-0.05, 0) is 35.4 Å². The van der Waals surface area contributed by atoms with Crippen LogP contribution in [0.1, 0.15) is 0 Å². The average molecular weight is 657 g/mol. The van der Waals surface area contributed by atoms with Gasteiger partial charge in [-0.15, -0.1) is 39.1 Å². The first-order valence-electron chi connectivity index (χ1n) is 16.6. The number of rotatable bonds is 4. The molecule has 6 aromatic carbocycles. The highest BCUT2D eigenvalue weighted by Gasteiger charge is 2.19. The molecule has 0 aliphatic rings. The molecule has 0 fully saturated rings. The van der Waals surface area contributed by atoms with E-state index in [1.807, 2.05) is 40.9 Å². The second-order valence-electron chi connectivity index (χ2n) is 13.0. The summed E-state index contributed by atoms with van der Waals surface area (Å²) in [5.41, 5.74) is 12.0. The summed E-state index contributed by atoms with van der Waals surface area (Å²) in [6.07, 6.45) is 0. The molecule has 9 aromatic rings. The molecule has 0 N–H and O–H groups in total. The van der Waals surface area contributed by atoms with Gasteiger partial charge in [0.25, 0.3) is 0 Å². The molecule has 3 heterocycles. The van der Waals surface area contributed by atoms with Crippen LogP contribution < -0.4 is 27.3 Å². The van der Waals surface area contributed by atoms with Crippen LogP contribution in [0.25, 0.3) is 85.6 Å². The fourth-order valence-electron chi connectivity index (χ4n) is 7.23. The molecule has 0 spiro atoms. The molecule has 0 radical (unpaired) electrons. The average Bonchev–Trinajstić information content (AvgIpc) is 3.71. The van der Waals surface area contributed by atoms with E-state index in [1.165, 1.54) is 78.8 Å². The van der Waals surface area contributed by atoms with E-state index in [9.17, 15) is 0 Å². The largest absolute Gasteiger partial charge is 0.208 e. The van der Waals surface area contributed by atoms with Gasteiger partial charge in [-0.2, -0.15) is 0 Å². The first-order valence-corrected chi connectivity index (χ1v) is 18.2. The molecule has 3 aromatic heterocycles. The van der Waals surface area contributed by atoms with E-state index < -0.39 is 0 Å². The smallest absolute Gasteiger partial charge is 0.164 e. The topological polar surface area (TPSA) is 38.7 Å². The van der Waals surface area contributed by atoms with E-state index in [1.54, 1.807) is 0 Å². The van der Waals surface area contributed by atoms with Crippen molar-refractivity contribution in [2.75, 3.05) is 0 Å². The first-order chi connectivity index (χ1) is 23.9. The molecule has 0 amide bonds. The van der Waals surface area contributed by atoms with Crippen LogP contribution in [0.5, 0.6) is 0 Å². The van der Waals surface area contributed by atoms with Gasteiger partial charge < -0.3 is 0 Å². The molecule has 0 saturated carbocycles. The lowest BCUT2D eigenvalue weighted by molar-refractivity contribution is 1.08. The van der Waals surface area contributed by atoms with Gasteiger partial charge in [0.15, 0.2) is 17.5 Å². The van der Waals surface area contributed by atoms with Gasteiger partial charge >= 0.3 is 0 Å². The molecule has 226 valence electrons. The molecule has 0 atom stereocenters. The molecule has 0 aliphatic carbocycles. The van der Waals surface area contributed by atoms with Crippen LogP contribution in [0.3, 0.4) is 0 Å². The number of hydrogen-bond donors (Lipinski definition) is 0. The molecule has 10 heteroatoms. The van der Waals surface area contributed by atoms with Gasteiger partial charge in [0, 0.05) is 57.0 Å². The number of benzene rings is 6. The maximum atomic E-state index is 5.18. The zero-order valence-electron chi connectivity index (χ0n) is 28.1. The Morgan fingerprint density at radius 3 is 1.80 bits per heavy atom. The SMILES string of the molecule is Bc1c(B)c(B)c(-c2nc(-c3ccccc3)nc(-c3ccc4c(c3)sc3ccc(-c5cccc6c5sc5ccccc56)cc34)n2)c(B)c1B.